The molecule has 0 radical (unpaired) electrons. The van der Waals surface area contributed by atoms with E-state index in [9.17, 15) is 13.2 Å². The third kappa shape index (κ3) is 3.77. The van der Waals surface area contributed by atoms with E-state index >= 15 is 0 Å². The number of rotatable bonds is 5. The largest absolute Gasteiger partial charge is 0.345 e. The molecule has 0 saturated heterocycles. The average molecular weight is 406 g/mol. The number of carbonyl (C=O) groups excluding carboxylic acids is 1. The number of thiazole rings is 1. The first kappa shape index (κ1) is 19.2. The maximum absolute atomic E-state index is 13.1. The van der Waals surface area contributed by atoms with Crippen molar-refractivity contribution in [3.8, 4) is 11.1 Å². The molecular formula is C17H19N5O3S2. The highest BCUT2D eigenvalue weighted by atomic mass is 32.2. The van der Waals surface area contributed by atoms with Crippen LogP contribution in [0.5, 0.6) is 0 Å². The van der Waals surface area contributed by atoms with Gasteiger partial charge in [-0.15, -0.1) is 11.3 Å². The van der Waals surface area contributed by atoms with E-state index in [1.807, 2.05) is 0 Å². The van der Waals surface area contributed by atoms with E-state index in [4.69, 9.17) is 5.73 Å². The summed E-state index contributed by atoms with van der Waals surface area (Å²) < 4.78 is 27.7. The molecule has 1 amide bonds. The van der Waals surface area contributed by atoms with Gasteiger partial charge in [-0.2, -0.15) is 5.10 Å². The van der Waals surface area contributed by atoms with Crippen LogP contribution in [0.1, 0.15) is 15.4 Å². The highest BCUT2D eigenvalue weighted by Crippen LogP contribution is 2.29. The number of nitrogens with zero attached hydrogens (tertiary/aromatic N) is 4. The topological polar surface area (TPSA) is 111 Å². The van der Waals surface area contributed by atoms with E-state index in [-0.39, 0.29) is 27.9 Å². The Bertz CT molecular complexity index is 1100. The quantitative estimate of drug-likeness (QED) is 0.689. The minimum atomic E-state index is -3.89. The first-order valence-corrected chi connectivity index (χ1v) is 10.3. The van der Waals surface area contributed by atoms with Gasteiger partial charge in [0.05, 0.1) is 11.1 Å². The Morgan fingerprint density at radius 3 is 2.56 bits per heavy atom. The Kier molecular flexibility index (Phi) is 5.13. The normalized spacial score (nSPS) is 11.6. The van der Waals surface area contributed by atoms with Gasteiger partial charge in [-0.05, 0) is 23.8 Å². The Morgan fingerprint density at radius 1 is 1.26 bits per heavy atom. The summed E-state index contributed by atoms with van der Waals surface area (Å²) in [6.45, 7) is 0.167. The summed E-state index contributed by atoms with van der Waals surface area (Å²) in [5, 5.41) is 6.03. The second kappa shape index (κ2) is 7.22. The van der Waals surface area contributed by atoms with Crippen LogP contribution in [0.3, 0.4) is 0 Å². The van der Waals surface area contributed by atoms with Crippen LogP contribution in [-0.4, -0.2) is 48.1 Å². The van der Waals surface area contributed by atoms with Gasteiger partial charge in [0.1, 0.15) is 5.01 Å². The maximum Gasteiger partial charge on any atom is 0.253 e. The molecule has 0 saturated carbocycles. The molecule has 0 bridgehead atoms. The van der Waals surface area contributed by atoms with Crippen molar-refractivity contribution >= 4 is 27.1 Å². The fourth-order valence-corrected chi connectivity index (χ4v) is 4.79. The maximum atomic E-state index is 13.1. The van der Waals surface area contributed by atoms with Gasteiger partial charge < -0.3 is 10.6 Å². The monoisotopic (exact) mass is 405 g/mol. The van der Waals surface area contributed by atoms with Gasteiger partial charge in [0.25, 0.3) is 5.91 Å². The minimum absolute atomic E-state index is 0.00271. The molecule has 2 N–H and O–H groups in total. The fourth-order valence-electron chi connectivity index (χ4n) is 2.50. The molecule has 2 heterocycles. The van der Waals surface area contributed by atoms with Crippen molar-refractivity contribution in [2.75, 3.05) is 14.1 Å². The van der Waals surface area contributed by atoms with E-state index in [0.29, 0.717) is 16.1 Å². The number of benzene rings is 1. The third-order valence-corrected chi connectivity index (χ3v) is 6.53. The van der Waals surface area contributed by atoms with Crippen LogP contribution in [0.15, 0.2) is 45.9 Å². The van der Waals surface area contributed by atoms with Crippen LogP contribution in [0, 0.1) is 0 Å². The number of hydrogen-bond donors (Lipinski definition) is 1. The number of aromatic nitrogens is 3. The van der Waals surface area contributed by atoms with Crippen molar-refractivity contribution in [3.05, 3.63) is 46.5 Å². The number of nitrogens with two attached hydrogens (primary N) is 1. The number of sulfone groups is 1. The number of aryl methyl sites for hydroxylation is 1. The van der Waals surface area contributed by atoms with Crippen molar-refractivity contribution in [3.63, 3.8) is 0 Å². The molecule has 0 spiro atoms. The molecule has 3 aromatic rings. The summed E-state index contributed by atoms with van der Waals surface area (Å²) in [5.41, 5.74) is 7.11. The van der Waals surface area contributed by atoms with Crippen molar-refractivity contribution in [2.45, 2.75) is 16.5 Å². The first-order valence-electron chi connectivity index (χ1n) is 7.97. The Labute approximate surface area is 161 Å². The smallest absolute Gasteiger partial charge is 0.253 e. The van der Waals surface area contributed by atoms with Gasteiger partial charge in [-0.25, -0.2) is 13.4 Å². The Morgan fingerprint density at radius 2 is 2.00 bits per heavy atom. The van der Waals surface area contributed by atoms with Crippen LogP contribution in [-0.2, 0) is 23.4 Å². The molecular weight excluding hydrogens is 386 g/mol. The first-order chi connectivity index (χ1) is 12.7. The zero-order valence-corrected chi connectivity index (χ0v) is 16.7. The second-order valence-corrected chi connectivity index (χ2v) is 8.97. The molecule has 0 unspecified atom stereocenters. The predicted octanol–water partition coefficient (Wildman–Crippen LogP) is 1.54. The Hall–Kier alpha value is -2.56. The SMILES string of the molecule is CN(C)C(=O)c1cc(-c2cnn(C)c2)cc(S(=O)(=O)c2csc(CN)n2)c1. The van der Waals surface area contributed by atoms with E-state index < -0.39 is 9.84 Å². The van der Waals surface area contributed by atoms with Crippen molar-refractivity contribution in [1.82, 2.24) is 19.7 Å². The summed E-state index contributed by atoms with van der Waals surface area (Å²) in [6, 6.07) is 4.56. The molecule has 0 aliphatic carbocycles. The van der Waals surface area contributed by atoms with Gasteiger partial charge in [0.15, 0.2) is 5.03 Å². The fraction of sp³-hybridized carbons (Fsp3) is 0.235. The van der Waals surface area contributed by atoms with Crippen molar-refractivity contribution < 1.29 is 13.2 Å². The van der Waals surface area contributed by atoms with Gasteiger partial charge >= 0.3 is 0 Å². The van der Waals surface area contributed by atoms with E-state index in [0.717, 1.165) is 0 Å². The molecule has 0 atom stereocenters. The summed E-state index contributed by atoms with van der Waals surface area (Å²) in [6.07, 6.45) is 3.37. The summed E-state index contributed by atoms with van der Waals surface area (Å²) >= 11 is 1.19. The van der Waals surface area contributed by atoms with Crippen LogP contribution >= 0.6 is 11.3 Å². The van der Waals surface area contributed by atoms with Crippen LogP contribution in [0.4, 0.5) is 0 Å². The van der Waals surface area contributed by atoms with E-state index in [1.54, 1.807) is 44.3 Å². The molecule has 27 heavy (non-hydrogen) atoms. The molecule has 0 fully saturated rings. The van der Waals surface area contributed by atoms with Crippen LogP contribution in [0.25, 0.3) is 11.1 Å². The van der Waals surface area contributed by atoms with Crippen molar-refractivity contribution in [2.24, 2.45) is 12.8 Å². The third-order valence-electron chi connectivity index (χ3n) is 3.89. The predicted molar refractivity (Wildman–Crippen MR) is 102 cm³/mol. The van der Waals surface area contributed by atoms with Gasteiger partial charge in [0.2, 0.25) is 9.84 Å². The molecule has 0 aliphatic heterocycles. The average Bonchev–Trinajstić information content (AvgIpc) is 3.29. The number of hydrogen-bond acceptors (Lipinski definition) is 7. The van der Waals surface area contributed by atoms with E-state index in [2.05, 4.69) is 10.1 Å². The van der Waals surface area contributed by atoms with Crippen LogP contribution in [0.2, 0.25) is 0 Å². The highest BCUT2D eigenvalue weighted by Gasteiger charge is 2.24. The minimum Gasteiger partial charge on any atom is -0.345 e. The molecule has 142 valence electrons. The highest BCUT2D eigenvalue weighted by molar-refractivity contribution is 7.91. The lowest BCUT2D eigenvalue weighted by atomic mass is 10.1. The summed E-state index contributed by atoms with van der Waals surface area (Å²) in [5.74, 6) is -0.293. The standard InChI is InChI=1S/C17H19N5O3S2/c1-21(2)17(23)12-4-11(13-8-19-22(3)9-13)5-14(6-12)27(24,25)16-10-26-15(7-18)20-16/h4-6,8-10H,7,18H2,1-3H3. The number of amides is 1. The zero-order chi connectivity index (χ0) is 19.8. The van der Waals surface area contributed by atoms with E-state index in [1.165, 1.54) is 33.7 Å². The lowest BCUT2D eigenvalue weighted by Crippen LogP contribution is -2.22. The van der Waals surface area contributed by atoms with Crippen LogP contribution < -0.4 is 5.73 Å². The van der Waals surface area contributed by atoms with Gasteiger partial charge in [-0.3, -0.25) is 9.48 Å². The molecule has 2 aromatic heterocycles. The molecule has 0 aliphatic rings. The van der Waals surface area contributed by atoms with Gasteiger partial charge in [-0.1, -0.05) is 0 Å². The lowest BCUT2D eigenvalue weighted by molar-refractivity contribution is 0.0827. The summed E-state index contributed by atoms with van der Waals surface area (Å²) in [7, 11) is 1.10. The molecule has 1 aromatic carbocycles. The second-order valence-electron chi connectivity index (χ2n) is 6.14. The van der Waals surface area contributed by atoms with Crippen molar-refractivity contribution in [1.29, 1.82) is 0 Å². The van der Waals surface area contributed by atoms with Gasteiger partial charge in [0, 0.05) is 50.4 Å². The summed E-state index contributed by atoms with van der Waals surface area (Å²) in [4.78, 5) is 18.0. The Balaban J connectivity index is 2.19. The molecule has 10 heteroatoms. The number of carbonyl (C=O) groups is 1. The molecule has 8 nitrogen and oxygen atoms in total. The lowest BCUT2D eigenvalue weighted by Gasteiger charge is -2.13. The zero-order valence-electron chi connectivity index (χ0n) is 15.1. The molecule has 3 rings (SSSR count).